The van der Waals surface area contributed by atoms with Gasteiger partial charge in [0.1, 0.15) is 5.76 Å². The van der Waals surface area contributed by atoms with E-state index in [1.807, 2.05) is 0 Å². The maximum atomic E-state index is 12.3. The topological polar surface area (TPSA) is 132 Å². The Morgan fingerprint density at radius 1 is 0.969 bits per heavy atom. The van der Waals surface area contributed by atoms with Crippen molar-refractivity contribution in [2.24, 2.45) is 0 Å². The predicted octanol–water partition coefficient (Wildman–Crippen LogP) is 2.76. The van der Waals surface area contributed by atoms with E-state index >= 15 is 0 Å². The van der Waals surface area contributed by atoms with Gasteiger partial charge in [-0.1, -0.05) is 12.1 Å². The highest BCUT2D eigenvalue weighted by molar-refractivity contribution is 7.89. The summed E-state index contributed by atoms with van der Waals surface area (Å²) in [7, 11) is -3.80. The van der Waals surface area contributed by atoms with Gasteiger partial charge in [-0.3, -0.25) is 9.59 Å². The van der Waals surface area contributed by atoms with Gasteiger partial charge in [-0.15, -0.1) is 0 Å². The summed E-state index contributed by atoms with van der Waals surface area (Å²) in [6, 6.07) is 14.8. The molecule has 3 aromatic rings. The second-order valence-corrected chi connectivity index (χ2v) is 8.42. The molecule has 1 amide bonds. The van der Waals surface area contributed by atoms with Gasteiger partial charge in [-0.05, 0) is 55.5 Å². The first-order valence-corrected chi connectivity index (χ1v) is 10.9. The molecule has 0 atom stereocenters. The van der Waals surface area contributed by atoms with E-state index in [0.29, 0.717) is 17.0 Å². The highest BCUT2D eigenvalue weighted by Gasteiger charge is 2.17. The molecule has 10 heteroatoms. The lowest BCUT2D eigenvalue weighted by molar-refractivity contribution is -0.119. The maximum Gasteiger partial charge on any atom is 0.338 e. The van der Waals surface area contributed by atoms with Crippen molar-refractivity contribution in [2.75, 3.05) is 11.9 Å². The number of carbonyl (C=O) groups excluding carboxylic acids is 3. The van der Waals surface area contributed by atoms with Crippen molar-refractivity contribution in [3.05, 3.63) is 83.8 Å². The van der Waals surface area contributed by atoms with Crippen LogP contribution in [0.4, 0.5) is 5.69 Å². The lowest BCUT2D eigenvalue weighted by Gasteiger charge is -2.10. The van der Waals surface area contributed by atoms with Crippen molar-refractivity contribution in [3.63, 3.8) is 0 Å². The van der Waals surface area contributed by atoms with E-state index in [0.717, 1.165) is 0 Å². The average Bonchev–Trinajstić information content (AvgIpc) is 3.30. The summed E-state index contributed by atoms with van der Waals surface area (Å²) in [5, 5.41) is 2.52. The third-order valence-corrected chi connectivity index (χ3v) is 5.75. The second-order valence-electron chi connectivity index (χ2n) is 6.65. The second kappa shape index (κ2) is 10.0. The van der Waals surface area contributed by atoms with Crippen molar-refractivity contribution in [1.82, 2.24) is 4.72 Å². The molecule has 0 aliphatic heterocycles. The number of nitrogens with one attached hydrogen (secondary N) is 2. The number of ether oxygens (including phenoxy) is 1. The molecule has 0 bridgehead atoms. The van der Waals surface area contributed by atoms with Gasteiger partial charge in [0, 0.05) is 5.56 Å². The number of hydrogen-bond donors (Lipinski definition) is 2. The summed E-state index contributed by atoms with van der Waals surface area (Å²) in [4.78, 5) is 35.8. The van der Waals surface area contributed by atoms with Crippen LogP contribution in [0, 0.1) is 0 Å². The monoisotopic (exact) mass is 456 g/mol. The summed E-state index contributed by atoms with van der Waals surface area (Å²) in [5.74, 6) is -1.18. The van der Waals surface area contributed by atoms with E-state index in [9.17, 15) is 22.8 Å². The van der Waals surface area contributed by atoms with Crippen molar-refractivity contribution in [2.45, 2.75) is 18.4 Å². The summed E-state index contributed by atoms with van der Waals surface area (Å²) < 4.78 is 37.1. The Bertz CT molecular complexity index is 1220. The largest absolute Gasteiger partial charge is 0.468 e. The van der Waals surface area contributed by atoms with Gasteiger partial charge >= 0.3 is 5.97 Å². The minimum atomic E-state index is -3.80. The van der Waals surface area contributed by atoms with Crippen molar-refractivity contribution >= 4 is 33.4 Å². The number of furan rings is 1. The molecule has 166 valence electrons. The van der Waals surface area contributed by atoms with Crippen molar-refractivity contribution < 1.29 is 32.0 Å². The van der Waals surface area contributed by atoms with Crippen LogP contribution < -0.4 is 10.0 Å². The lowest BCUT2D eigenvalue weighted by Crippen LogP contribution is -2.23. The van der Waals surface area contributed by atoms with Gasteiger partial charge in [0.05, 0.1) is 29.0 Å². The molecule has 1 heterocycles. The number of carbonyl (C=O) groups is 3. The van der Waals surface area contributed by atoms with Gasteiger partial charge < -0.3 is 14.5 Å². The van der Waals surface area contributed by atoms with Crippen LogP contribution in [0.2, 0.25) is 0 Å². The fourth-order valence-electron chi connectivity index (χ4n) is 2.73. The minimum absolute atomic E-state index is 0.0129. The number of anilines is 1. The molecule has 0 unspecified atom stereocenters. The number of rotatable bonds is 9. The van der Waals surface area contributed by atoms with Crippen LogP contribution in [0.5, 0.6) is 0 Å². The molecule has 32 heavy (non-hydrogen) atoms. The Kier molecular flexibility index (Phi) is 7.18. The molecular formula is C22H20N2O7S. The highest BCUT2D eigenvalue weighted by atomic mass is 32.2. The Morgan fingerprint density at radius 3 is 2.34 bits per heavy atom. The molecule has 0 saturated carbocycles. The van der Waals surface area contributed by atoms with Crippen molar-refractivity contribution in [1.29, 1.82) is 0 Å². The van der Waals surface area contributed by atoms with Crippen LogP contribution in [0.15, 0.2) is 76.2 Å². The van der Waals surface area contributed by atoms with E-state index in [-0.39, 0.29) is 22.8 Å². The van der Waals surface area contributed by atoms with Gasteiger partial charge in [0.2, 0.25) is 10.0 Å². The molecule has 0 aliphatic carbocycles. The molecule has 2 N–H and O–H groups in total. The van der Waals surface area contributed by atoms with Crippen LogP contribution >= 0.6 is 0 Å². The van der Waals surface area contributed by atoms with E-state index < -0.39 is 28.5 Å². The number of esters is 1. The lowest BCUT2D eigenvalue weighted by atomic mass is 10.1. The molecule has 3 rings (SSSR count). The summed E-state index contributed by atoms with van der Waals surface area (Å²) in [6.45, 7) is 0.790. The van der Waals surface area contributed by atoms with Gasteiger partial charge in [-0.25, -0.2) is 17.9 Å². The summed E-state index contributed by atoms with van der Waals surface area (Å²) in [6.07, 6.45) is 1.44. The van der Waals surface area contributed by atoms with Crippen LogP contribution in [0.3, 0.4) is 0 Å². The van der Waals surface area contributed by atoms with Gasteiger partial charge in [-0.2, -0.15) is 0 Å². The first kappa shape index (κ1) is 22.9. The first-order chi connectivity index (χ1) is 15.3. The predicted molar refractivity (Wildman–Crippen MR) is 115 cm³/mol. The Balaban J connectivity index is 1.55. The standard InChI is InChI=1S/C22H20N2O7S/c1-15(25)19-6-2-3-7-20(19)24-21(26)14-31-22(27)16-8-10-18(11-9-16)32(28,29)23-13-17-5-4-12-30-17/h2-12,23H,13-14H2,1H3,(H,24,26). The smallest absolute Gasteiger partial charge is 0.338 e. The number of amides is 1. The molecule has 0 aliphatic rings. The van der Waals surface area contributed by atoms with Crippen LogP contribution in [-0.4, -0.2) is 32.7 Å². The molecule has 9 nitrogen and oxygen atoms in total. The van der Waals surface area contributed by atoms with Crippen LogP contribution in [0.1, 0.15) is 33.4 Å². The van der Waals surface area contributed by atoms with Gasteiger partial charge in [0.25, 0.3) is 5.91 Å². The molecular weight excluding hydrogens is 436 g/mol. The minimum Gasteiger partial charge on any atom is -0.468 e. The summed E-state index contributed by atoms with van der Waals surface area (Å²) >= 11 is 0. The first-order valence-electron chi connectivity index (χ1n) is 9.45. The highest BCUT2D eigenvalue weighted by Crippen LogP contribution is 2.16. The fraction of sp³-hybridized carbons (Fsp3) is 0.136. The zero-order chi connectivity index (χ0) is 23.1. The number of sulfonamides is 1. The number of ketones is 1. The summed E-state index contributed by atoms with van der Waals surface area (Å²) in [5.41, 5.74) is 0.731. The Labute approximate surface area is 184 Å². The maximum absolute atomic E-state index is 12.3. The zero-order valence-electron chi connectivity index (χ0n) is 17.0. The molecule has 0 spiro atoms. The normalized spacial score (nSPS) is 11.0. The van der Waals surface area contributed by atoms with E-state index in [1.54, 1.807) is 36.4 Å². The van der Waals surface area contributed by atoms with Crippen molar-refractivity contribution in [3.8, 4) is 0 Å². The third kappa shape index (κ3) is 5.90. The van der Waals surface area contributed by atoms with E-state index in [2.05, 4.69) is 10.0 Å². The Hall–Kier alpha value is -3.76. The molecule has 1 aromatic heterocycles. The van der Waals surface area contributed by atoms with Gasteiger partial charge in [0.15, 0.2) is 12.4 Å². The van der Waals surface area contributed by atoms with E-state index in [1.165, 1.54) is 37.5 Å². The SMILES string of the molecule is CC(=O)c1ccccc1NC(=O)COC(=O)c1ccc(S(=O)(=O)NCc2ccco2)cc1. The van der Waals surface area contributed by atoms with Crippen LogP contribution in [0.25, 0.3) is 0 Å². The number of hydrogen-bond acceptors (Lipinski definition) is 7. The number of Topliss-reactive ketones (excluding diaryl/α,β-unsaturated/α-hetero) is 1. The fourth-order valence-corrected chi connectivity index (χ4v) is 3.73. The molecule has 0 radical (unpaired) electrons. The average molecular weight is 456 g/mol. The molecule has 2 aromatic carbocycles. The number of benzene rings is 2. The zero-order valence-corrected chi connectivity index (χ0v) is 17.8. The quantitative estimate of drug-likeness (QED) is 0.374. The molecule has 0 fully saturated rings. The number of para-hydroxylation sites is 1. The van der Waals surface area contributed by atoms with Crippen LogP contribution in [-0.2, 0) is 26.1 Å². The third-order valence-electron chi connectivity index (χ3n) is 4.33. The Morgan fingerprint density at radius 2 is 1.69 bits per heavy atom. The molecule has 0 saturated heterocycles. The van der Waals surface area contributed by atoms with E-state index in [4.69, 9.17) is 9.15 Å².